The van der Waals surface area contributed by atoms with E-state index < -0.39 is 16.8 Å². The Balaban J connectivity index is 3.01. The van der Waals surface area contributed by atoms with Gasteiger partial charge in [-0.2, -0.15) is 0 Å². The fourth-order valence-corrected chi connectivity index (χ4v) is 2.60. The van der Waals surface area contributed by atoms with Crippen molar-refractivity contribution in [2.75, 3.05) is 7.11 Å². The van der Waals surface area contributed by atoms with Crippen LogP contribution in [0.4, 0.5) is 5.69 Å². The van der Waals surface area contributed by atoms with Crippen LogP contribution in [-0.4, -0.2) is 29.2 Å². The molecule has 8 heteroatoms. The third kappa shape index (κ3) is 4.23. The number of methoxy groups -OCH3 is 1. The average molecular weight is 298 g/mol. The highest BCUT2D eigenvalue weighted by Crippen LogP contribution is 2.34. The molecular formula is C12H14N2O5S. The van der Waals surface area contributed by atoms with E-state index in [0.29, 0.717) is 4.90 Å². The van der Waals surface area contributed by atoms with E-state index in [0.717, 1.165) is 11.8 Å². The first kappa shape index (κ1) is 16.0. The molecule has 1 rings (SSSR count). The van der Waals surface area contributed by atoms with Crippen LogP contribution in [0.1, 0.15) is 23.7 Å². The Morgan fingerprint density at radius 2 is 2.15 bits per heavy atom. The number of hydrogen-bond donors (Lipinski definition) is 1. The number of primary amides is 1. The van der Waals surface area contributed by atoms with Crippen molar-refractivity contribution in [3.63, 3.8) is 0 Å². The van der Waals surface area contributed by atoms with Gasteiger partial charge < -0.3 is 10.5 Å². The van der Waals surface area contributed by atoms with Crippen LogP contribution in [0.5, 0.6) is 0 Å². The van der Waals surface area contributed by atoms with E-state index in [1.807, 2.05) is 0 Å². The molecule has 0 heterocycles. The number of carbonyl (C=O) groups excluding carboxylic acids is 2. The number of benzene rings is 1. The van der Waals surface area contributed by atoms with Gasteiger partial charge in [-0.25, -0.2) is 0 Å². The minimum Gasteiger partial charge on any atom is -0.469 e. The first-order chi connectivity index (χ1) is 9.35. The van der Waals surface area contributed by atoms with Gasteiger partial charge in [0.15, 0.2) is 0 Å². The van der Waals surface area contributed by atoms with Gasteiger partial charge in [-0.3, -0.25) is 19.7 Å². The van der Waals surface area contributed by atoms with Crippen molar-refractivity contribution in [2.24, 2.45) is 5.73 Å². The maximum absolute atomic E-state index is 11.2. The Kier molecular flexibility index (Phi) is 5.51. The van der Waals surface area contributed by atoms with Crippen LogP contribution < -0.4 is 5.73 Å². The van der Waals surface area contributed by atoms with Crippen LogP contribution in [0, 0.1) is 10.1 Å². The van der Waals surface area contributed by atoms with Crippen LogP contribution >= 0.6 is 11.8 Å². The lowest BCUT2D eigenvalue weighted by molar-refractivity contribution is -0.387. The van der Waals surface area contributed by atoms with Crippen LogP contribution in [0.15, 0.2) is 23.1 Å². The third-order valence-electron chi connectivity index (χ3n) is 2.45. The molecule has 108 valence electrons. The van der Waals surface area contributed by atoms with Crippen molar-refractivity contribution in [3.05, 3.63) is 33.9 Å². The summed E-state index contributed by atoms with van der Waals surface area (Å²) in [4.78, 5) is 33.0. The van der Waals surface area contributed by atoms with Gasteiger partial charge >= 0.3 is 5.97 Å². The predicted octanol–water partition coefficient (Wildman–Crippen LogP) is 1.74. The molecule has 1 amide bonds. The largest absolute Gasteiger partial charge is 0.469 e. The highest BCUT2D eigenvalue weighted by molar-refractivity contribution is 8.00. The van der Waals surface area contributed by atoms with Gasteiger partial charge in [-0.05, 0) is 12.1 Å². The van der Waals surface area contributed by atoms with Gasteiger partial charge in [0.2, 0.25) is 5.91 Å². The number of ether oxygens (including phenoxy) is 1. The Hall–Kier alpha value is -2.09. The summed E-state index contributed by atoms with van der Waals surface area (Å²) in [5.41, 5.74) is 5.21. The number of nitro benzene ring substituents is 1. The normalized spacial score (nSPS) is 11.7. The summed E-state index contributed by atoms with van der Waals surface area (Å²) in [5, 5.41) is 10.7. The van der Waals surface area contributed by atoms with Crippen molar-refractivity contribution >= 4 is 29.3 Å². The summed E-state index contributed by atoms with van der Waals surface area (Å²) in [6.07, 6.45) is 0.110. The predicted molar refractivity (Wildman–Crippen MR) is 73.6 cm³/mol. The number of hydrogen-bond acceptors (Lipinski definition) is 6. The second-order valence-electron chi connectivity index (χ2n) is 4.01. The van der Waals surface area contributed by atoms with Crippen LogP contribution in [0.3, 0.4) is 0 Å². The zero-order valence-electron chi connectivity index (χ0n) is 11.0. The van der Waals surface area contributed by atoms with Crippen molar-refractivity contribution < 1.29 is 19.2 Å². The number of rotatable bonds is 6. The van der Waals surface area contributed by atoms with Crippen molar-refractivity contribution in [2.45, 2.75) is 23.5 Å². The first-order valence-electron chi connectivity index (χ1n) is 5.67. The molecule has 1 aromatic carbocycles. The molecule has 0 aliphatic heterocycles. The average Bonchev–Trinajstić information content (AvgIpc) is 2.37. The highest BCUT2D eigenvalue weighted by atomic mass is 32.2. The summed E-state index contributed by atoms with van der Waals surface area (Å²) in [7, 11) is 1.27. The standard InChI is InChI=1S/C12H14N2O5S/c1-7(5-11(15)19-2)20-10-6-8(12(13)16)3-4-9(10)14(17)18/h3-4,6-7H,5H2,1-2H3,(H2,13,16). The fraction of sp³-hybridized carbons (Fsp3) is 0.333. The minimum absolute atomic E-state index is 0.110. The Labute approximate surface area is 119 Å². The van der Waals surface area contributed by atoms with Crippen LogP contribution in [0.2, 0.25) is 0 Å². The van der Waals surface area contributed by atoms with E-state index in [1.54, 1.807) is 6.92 Å². The fourth-order valence-electron chi connectivity index (χ4n) is 1.49. The molecule has 1 unspecified atom stereocenters. The molecule has 0 saturated heterocycles. The van der Waals surface area contributed by atoms with E-state index in [1.165, 1.54) is 25.3 Å². The quantitative estimate of drug-likeness (QED) is 0.370. The molecular weight excluding hydrogens is 284 g/mol. The minimum atomic E-state index is -0.664. The number of nitrogens with two attached hydrogens (primary N) is 1. The summed E-state index contributed by atoms with van der Waals surface area (Å²) in [6.45, 7) is 1.74. The van der Waals surface area contributed by atoms with Crippen LogP contribution in [-0.2, 0) is 9.53 Å². The molecule has 0 aliphatic carbocycles. The first-order valence-corrected chi connectivity index (χ1v) is 6.54. The van der Waals surface area contributed by atoms with Gasteiger partial charge in [-0.1, -0.05) is 6.92 Å². The summed E-state index contributed by atoms with van der Waals surface area (Å²) in [5.74, 6) is -1.07. The summed E-state index contributed by atoms with van der Waals surface area (Å²) >= 11 is 1.12. The summed E-state index contributed by atoms with van der Waals surface area (Å²) < 4.78 is 4.54. The molecule has 0 radical (unpaired) electrons. The van der Waals surface area contributed by atoms with E-state index in [2.05, 4.69) is 4.74 Å². The van der Waals surface area contributed by atoms with E-state index in [4.69, 9.17) is 5.73 Å². The van der Waals surface area contributed by atoms with Gasteiger partial charge in [-0.15, -0.1) is 11.8 Å². The smallest absolute Gasteiger partial charge is 0.306 e. The zero-order valence-corrected chi connectivity index (χ0v) is 11.8. The molecule has 0 saturated carbocycles. The lowest BCUT2D eigenvalue weighted by atomic mass is 10.2. The number of nitrogens with zero attached hydrogens (tertiary/aromatic N) is 1. The molecule has 20 heavy (non-hydrogen) atoms. The molecule has 0 aliphatic rings. The molecule has 2 N–H and O–H groups in total. The molecule has 0 spiro atoms. The maximum atomic E-state index is 11.2. The van der Waals surface area contributed by atoms with Crippen molar-refractivity contribution in [1.82, 2.24) is 0 Å². The highest BCUT2D eigenvalue weighted by Gasteiger charge is 2.20. The van der Waals surface area contributed by atoms with E-state index >= 15 is 0 Å². The monoisotopic (exact) mass is 298 g/mol. The molecule has 0 bridgehead atoms. The number of carbonyl (C=O) groups is 2. The lowest BCUT2D eigenvalue weighted by Crippen LogP contribution is -2.12. The lowest BCUT2D eigenvalue weighted by Gasteiger charge is -2.10. The molecule has 1 aromatic rings. The van der Waals surface area contributed by atoms with Gasteiger partial charge in [0.25, 0.3) is 5.69 Å². The SMILES string of the molecule is COC(=O)CC(C)Sc1cc(C(N)=O)ccc1[N+](=O)[O-]. The van der Waals surface area contributed by atoms with Crippen molar-refractivity contribution in [3.8, 4) is 0 Å². The number of nitro groups is 1. The van der Waals surface area contributed by atoms with E-state index in [9.17, 15) is 19.7 Å². The molecule has 0 aromatic heterocycles. The third-order valence-corrected chi connectivity index (χ3v) is 3.60. The summed E-state index contributed by atoms with van der Waals surface area (Å²) in [6, 6.07) is 3.89. The molecule has 0 fully saturated rings. The topological polar surface area (TPSA) is 113 Å². The Bertz CT molecular complexity index is 547. The Morgan fingerprint density at radius 3 is 2.65 bits per heavy atom. The zero-order chi connectivity index (χ0) is 15.3. The number of thioether (sulfide) groups is 1. The molecule has 7 nitrogen and oxygen atoms in total. The number of esters is 1. The second kappa shape index (κ2) is 6.90. The van der Waals surface area contributed by atoms with Gasteiger partial charge in [0.05, 0.1) is 23.3 Å². The number of amides is 1. The van der Waals surface area contributed by atoms with Gasteiger partial charge in [0.1, 0.15) is 0 Å². The van der Waals surface area contributed by atoms with Crippen molar-refractivity contribution in [1.29, 1.82) is 0 Å². The molecule has 1 atom stereocenters. The second-order valence-corrected chi connectivity index (χ2v) is 5.49. The van der Waals surface area contributed by atoms with Crippen LogP contribution in [0.25, 0.3) is 0 Å². The Morgan fingerprint density at radius 1 is 1.50 bits per heavy atom. The maximum Gasteiger partial charge on any atom is 0.306 e. The van der Waals surface area contributed by atoms with Gasteiger partial charge in [0, 0.05) is 16.9 Å². The van der Waals surface area contributed by atoms with E-state index in [-0.39, 0.29) is 22.9 Å².